The van der Waals surface area contributed by atoms with Crippen molar-refractivity contribution in [3.8, 4) is 0 Å². The molecule has 4 heteroatoms. The molecular formula is C17H36N2O2. The van der Waals surface area contributed by atoms with E-state index < -0.39 is 5.54 Å². The molecule has 1 atom stereocenters. The van der Waals surface area contributed by atoms with Crippen LogP contribution in [-0.2, 0) is 9.53 Å². The van der Waals surface area contributed by atoms with Gasteiger partial charge in [-0.1, -0.05) is 13.8 Å². The Morgan fingerprint density at radius 3 is 2.14 bits per heavy atom. The highest BCUT2D eigenvalue weighted by Crippen LogP contribution is 2.16. The first-order valence-electron chi connectivity index (χ1n) is 8.31. The van der Waals surface area contributed by atoms with E-state index in [4.69, 9.17) is 4.74 Å². The van der Waals surface area contributed by atoms with Crippen LogP contribution in [0.3, 0.4) is 0 Å². The Labute approximate surface area is 131 Å². The molecule has 0 spiro atoms. The number of rotatable bonds is 10. The third kappa shape index (κ3) is 7.82. The van der Waals surface area contributed by atoms with E-state index in [9.17, 15) is 4.79 Å². The van der Waals surface area contributed by atoms with Crippen LogP contribution in [0.5, 0.6) is 0 Å². The predicted molar refractivity (Wildman–Crippen MR) is 89.5 cm³/mol. The molecule has 0 amide bonds. The second kappa shape index (κ2) is 9.42. The third-order valence-electron chi connectivity index (χ3n) is 3.56. The van der Waals surface area contributed by atoms with E-state index in [-0.39, 0.29) is 12.0 Å². The van der Waals surface area contributed by atoms with Crippen molar-refractivity contribution in [2.24, 2.45) is 5.92 Å². The van der Waals surface area contributed by atoms with Gasteiger partial charge in [0.2, 0.25) is 0 Å². The summed E-state index contributed by atoms with van der Waals surface area (Å²) in [7, 11) is 0. The summed E-state index contributed by atoms with van der Waals surface area (Å²) in [5.41, 5.74) is -0.617. The first kappa shape index (κ1) is 20.4. The molecule has 0 aromatic carbocycles. The molecule has 0 aliphatic heterocycles. The molecule has 0 aromatic rings. The van der Waals surface area contributed by atoms with Gasteiger partial charge in [0.15, 0.2) is 0 Å². The predicted octanol–water partition coefficient (Wildman–Crippen LogP) is 3.06. The van der Waals surface area contributed by atoms with Crippen LogP contribution in [0.15, 0.2) is 0 Å². The molecule has 0 aliphatic rings. The van der Waals surface area contributed by atoms with E-state index in [1.54, 1.807) is 0 Å². The van der Waals surface area contributed by atoms with Crippen molar-refractivity contribution in [3.05, 3.63) is 0 Å². The largest absolute Gasteiger partial charge is 0.465 e. The molecule has 0 heterocycles. The fourth-order valence-electron chi connectivity index (χ4n) is 2.56. The van der Waals surface area contributed by atoms with Crippen LogP contribution < -0.4 is 5.32 Å². The zero-order chi connectivity index (χ0) is 16.6. The Kier molecular flexibility index (Phi) is 9.14. The maximum absolute atomic E-state index is 12.3. The molecule has 0 aromatic heterocycles. The van der Waals surface area contributed by atoms with Crippen LogP contribution in [0.2, 0.25) is 0 Å². The van der Waals surface area contributed by atoms with Crippen LogP contribution in [-0.4, -0.2) is 48.2 Å². The van der Waals surface area contributed by atoms with Gasteiger partial charge in [-0.05, 0) is 53.9 Å². The minimum Gasteiger partial charge on any atom is -0.465 e. The van der Waals surface area contributed by atoms with Gasteiger partial charge in [-0.2, -0.15) is 0 Å². The number of nitrogens with one attached hydrogen (secondary N) is 1. The van der Waals surface area contributed by atoms with Crippen LogP contribution in [0.25, 0.3) is 0 Å². The molecule has 0 bridgehead atoms. The van der Waals surface area contributed by atoms with Gasteiger partial charge in [-0.3, -0.25) is 10.1 Å². The maximum atomic E-state index is 12.3. The van der Waals surface area contributed by atoms with Crippen molar-refractivity contribution >= 4 is 5.97 Å². The van der Waals surface area contributed by atoms with Gasteiger partial charge in [0.1, 0.15) is 5.54 Å². The average Bonchev–Trinajstić information content (AvgIpc) is 2.33. The van der Waals surface area contributed by atoms with Gasteiger partial charge < -0.3 is 9.64 Å². The summed E-state index contributed by atoms with van der Waals surface area (Å²) < 4.78 is 5.26. The number of hydrogen-bond donors (Lipinski definition) is 1. The molecule has 1 unspecified atom stereocenters. The Morgan fingerprint density at radius 2 is 1.76 bits per heavy atom. The van der Waals surface area contributed by atoms with Crippen molar-refractivity contribution in [2.45, 2.75) is 79.4 Å². The van der Waals surface area contributed by atoms with Gasteiger partial charge in [0.25, 0.3) is 0 Å². The molecule has 1 N–H and O–H groups in total. The smallest absolute Gasteiger partial charge is 0.326 e. The Hall–Kier alpha value is -0.610. The summed E-state index contributed by atoms with van der Waals surface area (Å²) in [6.07, 6.45) is 0.759. The molecule has 0 radical (unpaired) electrons. The number of esters is 1. The third-order valence-corrected chi connectivity index (χ3v) is 3.56. The highest BCUT2D eigenvalue weighted by atomic mass is 16.5. The highest BCUT2D eigenvalue weighted by molar-refractivity contribution is 5.80. The second-order valence-corrected chi connectivity index (χ2v) is 7.08. The summed E-state index contributed by atoms with van der Waals surface area (Å²) in [5, 5.41) is 3.39. The first-order chi connectivity index (χ1) is 9.62. The summed E-state index contributed by atoms with van der Waals surface area (Å²) in [6.45, 7) is 19.2. The maximum Gasteiger partial charge on any atom is 0.326 e. The van der Waals surface area contributed by atoms with Crippen molar-refractivity contribution in [1.82, 2.24) is 10.2 Å². The van der Waals surface area contributed by atoms with E-state index in [1.165, 1.54) is 0 Å². The average molecular weight is 300 g/mol. The standard InChI is InChI=1S/C17H36N2O2/c1-9-21-16(20)17(8,18-14(4)5)10-11-19(15(6)7)12-13(2)3/h13-15,18H,9-12H2,1-8H3. The van der Waals surface area contributed by atoms with Crippen LogP contribution in [0.1, 0.15) is 61.8 Å². The molecule has 0 rings (SSSR count). The molecule has 0 saturated heterocycles. The van der Waals surface area contributed by atoms with E-state index in [0.29, 0.717) is 18.6 Å². The van der Waals surface area contributed by atoms with Gasteiger partial charge in [-0.15, -0.1) is 0 Å². The van der Waals surface area contributed by atoms with Gasteiger partial charge >= 0.3 is 5.97 Å². The van der Waals surface area contributed by atoms with Gasteiger partial charge in [0.05, 0.1) is 6.61 Å². The minimum absolute atomic E-state index is 0.146. The summed E-state index contributed by atoms with van der Waals surface area (Å²) in [4.78, 5) is 14.7. The molecule has 21 heavy (non-hydrogen) atoms. The fraction of sp³-hybridized carbons (Fsp3) is 0.941. The lowest BCUT2D eigenvalue weighted by Gasteiger charge is -2.35. The highest BCUT2D eigenvalue weighted by Gasteiger charge is 2.35. The molecule has 0 saturated carbocycles. The number of carbonyl (C=O) groups excluding carboxylic acids is 1. The number of nitrogens with zero attached hydrogens (tertiary/aromatic N) is 1. The van der Waals surface area contributed by atoms with E-state index in [2.05, 4.69) is 51.8 Å². The van der Waals surface area contributed by atoms with E-state index in [0.717, 1.165) is 19.5 Å². The zero-order valence-corrected chi connectivity index (χ0v) is 15.3. The lowest BCUT2D eigenvalue weighted by molar-refractivity contribution is -0.151. The van der Waals surface area contributed by atoms with Crippen molar-refractivity contribution in [2.75, 3.05) is 19.7 Å². The molecule has 0 fully saturated rings. The quantitative estimate of drug-likeness (QED) is 0.630. The Morgan fingerprint density at radius 1 is 1.19 bits per heavy atom. The van der Waals surface area contributed by atoms with Crippen LogP contribution >= 0.6 is 0 Å². The zero-order valence-electron chi connectivity index (χ0n) is 15.3. The summed E-state index contributed by atoms with van der Waals surface area (Å²) >= 11 is 0. The lowest BCUT2D eigenvalue weighted by Crippen LogP contribution is -2.55. The molecule has 0 aliphatic carbocycles. The minimum atomic E-state index is -0.617. The van der Waals surface area contributed by atoms with Crippen molar-refractivity contribution < 1.29 is 9.53 Å². The number of ether oxygens (including phenoxy) is 1. The van der Waals surface area contributed by atoms with Gasteiger partial charge in [0, 0.05) is 25.2 Å². The van der Waals surface area contributed by atoms with Crippen LogP contribution in [0.4, 0.5) is 0 Å². The van der Waals surface area contributed by atoms with Gasteiger partial charge in [-0.25, -0.2) is 0 Å². The van der Waals surface area contributed by atoms with E-state index in [1.807, 2.05) is 13.8 Å². The normalized spacial score (nSPS) is 15.0. The SMILES string of the molecule is CCOC(=O)C(C)(CCN(CC(C)C)C(C)C)NC(C)C. The van der Waals surface area contributed by atoms with Crippen molar-refractivity contribution in [3.63, 3.8) is 0 Å². The topological polar surface area (TPSA) is 41.6 Å². The lowest BCUT2D eigenvalue weighted by atomic mass is 9.95. The first-order valence-corrected chi connectivity index (χ1v) is 8.31. The fourth-order valence-corrected chi connectivity index (χ4v) is 2.56. The Balaban J connectivity index is 4.83. The summed E-state index contributed by atoms with van der Waals surface area (Å²) in [5.74, 6) is 0.478. The summed E-state index contributed by atoms with van der Waals surface area (Å²) in [6, 6.07) is 0.731. The molecule has 4 nitrogen and oxygen atoms in total. The molecule has 126 valence electrons. The number of carbonyl (C=O) groups is 1. The van der Waals surface area contributed by atoms with E-state index >= 15 is 0 Å². The number of hydrogen-bond acceptors (Lipinski definition) is 4. The Bertz CT molecular complexity index is 303. The second-order valence-electron chi connectivity index (χ2n) is 7.08. The monoisotopic (exact) mass is 300 g/mol. The molecular weight excluding hydrogens is 264 g/mol. The van der Waals surface area contributed by atoms with Crippen LogP contribution in [0, 0.1) is 5.92 Å². The van der Waals surface area contributed by atoms with Crippen molar-refractivity contribution in [1.29, 1.82) is 0 Å².